The lowest BCUT2D eigenvalue weighted by atomic mass is 10.1. The van der Waals surface area contributed by atoms with Gasteiger partial charge in [0.1, 0.15) is 9.85 Å². The molecule has 0 amide bonds. The molecular formula is C7H7N3O4. The van der Waals surface area contributed by atoms with E-state index in [2.05, 4.69) is 4.98 Å². The van der Waals surface area contributed by atoms with Crippen LogP contribution in [0.5, 0.6) is 0 Å². The molecule has 0 saturated carbocycles. The lowest BCUT2D eigenvalue weighted by Crippen LogP contribution is -2.40. The van der Waals surface area contributed by atoms with Gasteiger partial charge >= 0.3 is 5.66 Å². The highest BCUT2D eigenvalue weighted by Crippen LogP contribution is 2.22. The Labute approximate surface area is 78.7 Å². The molecule has 0 aromatic carbocycles. The van der Waals surface area contributed by atoms with Crippen LogP contribution >= 0.6 is 0 Å². The highest BCUT2D eigenvalue weighted by atomic mass is 16.7. The second-order valence-corrected chi connectivity index (χ2v) is 2.75. The Kier molecular flexibility index (Phi) is 2.41. The lowest BCUT2D eigenvalue weighted by molar-refractivity contribution is -0.806. The number of hydrogen-bond donors (Lipinski definition) is 0. The van der Waals surface area contributed by atoms with Gasteiger partial charge in [-0.25, -0.2) is 4.98 Å². The molecule has 0 unspecified atom stereocenters. The van der Waals surface area contributed by atoms with Crippen LogP contribution in [-0.2, 0) is 5.66 Å². The standard InChI is InChI=1S/C7H7N3O4/c1-7(9(11)12,10(13)14)6-4-2-3-5-8-6/h2-5H,1H3. The monoisotopic (exact) mass is 197 g/mol. The highest BCUT2D eigenvalue weighted by molar-refractivity contribution is 5.08. The summed E-state index contributed by atoms with van der Waals surface area (Å²) in [6.07, 6.45) is 1.28. The van der Waals surface area contributed by atoms with Crippen LogP contribution in [-0.4, -0.2) is 14.8 Å². The van der Waals surface area contributed by atoms with Crippen molar-refractivity contribution in [3.63, 3.8) is 0 Å². The maximum absolute atomic E-state index is 10.6. The molecule has 0 N–H and O–H groups in total. The van der Waals surface area contributed by atoms with Crippen molar-refractivity contribution in [3.8, 4) is 0 Å². The zero-order valence-electron chi connectivity index (χ0n) is 7.28. The first-order chi connectivity index (χ1) is 6.49. The van der Waals surface area contributed by atoms with E-state index in [1.54, 1.807) is 0 Å². The lowest BCUT2D eigenvalue weighted by Gasteiger charge is -2.10. The Morgan fingerprint density at radius 1 is 1.29 bits per heavy atom. The van der Waals surface area contributed by atoms with Crippen LogP contribution in [0.25, 0.3) is 0 Å². The van der Waals surface area contributed by atoms with Crippen molar-refractivity contribution in [2.75, 3.05) is 0 Å². The molecule has 74 valence electrons. The average molecular weight is 197 g/mol. The summed E-state index contributed by atoms with van der Waals surface area (Å²) in [5.74, 6) is 0. The molecule has 14 heavy (non-hydrogen) atoms. The van der Waals surface area contributed by atoms with E-state index in [9.17, 15) is 20.2 Å². The number of hydrogen-bond acceptors (Lipinski definition) is 5. The van der Waals surface area contributed by atoms with E-state index in [0.29, 0.717) is 0 Å². The molecule has 0 aliphatic rings. The van der Waals surface area contributed by atoms with Gasteiger partial charge in [-0.3, -0.25) is 20.2 Å². The van der Waals surface area contributed by atoms with E-state index in [1.165, 1.54) is 24.4 Å². The van der Waals surface area contributed by atoms with Crippen molar-refractivity contribution in [3.05, 3.63) is 50.3 Å². The molecule has 7 heteroatoms. The molecule has 7 nitrogen and oxygen atoms in total. The predicted molar refractivity (Wildman–Crippen MR) is 45.6 cm³/mol. The molecule has 0 atom stereocenters. The number of nitro groups is 2. The maximum Gasteiger partial charge on any atom is 0.497 e. The predicted octanol–water partition coefficient (Wildman–Crippen LogP) is 0.808. The second-order valence-electron chi connectivity index (χ2n) is 2.75. The molecule has 1 heterocycles. The van der Waals surface area contributed by atoms with Gasteiger partial charge in [0.15, 0.2) is 5.69 Å². The summed E-state index contributed by atoms with van der Waals surface area (Å²) in [7, 11) is 0. The van der Waals surface area contributed by atoms with Crippen LogP contribution in [0.4, 0.5) is 0 Å². The number of rotatable bonds is 3. The van der Waals surface area contributed by atoms with Gasteiger partial charge in [-0.1, -0.05) is 6.07 Å². The Bertz CT molecular complexity index is 350. The average Bonchev–Trinajstić information content (AvgIpc) is 2.17. The van der Waals surface area contributed by atoms with Gasteiger partial charge in [0, 0.05) is 6.20 Å². The number of aromatic nitrogens is 1. The SMILES string of the molecule is CC(c1ccccn1)([N+](=O)[O-])[N+](=O)[O-]. The molecule has 1 rings (SSSR count). The Balaban J connectivity index is 3.27. The van der Waals surface area contributed by atoms with Crippen molar-refractivity contribution >= 4 is 0 Å². The van der Waals surface area contributed by atoms with Crippen LogP contribution in [0.15, 0.2) is 24.4 Å². The number of pyridine rings is 1. The van der Waals surface area contributed by atoms with Crippen LogP contribution in [0, 0.1) is 20.2 Å². The van der Waals surface area contributed by atoms with Gasteiger partial charge in [-0.05, 0) is 12.1 Å². The fourth-order valence-corrected chi connectivity index (χ4v) is 0.897. The molecule has 0 spiro atoms. The summed E-state index contributed by atoms with van der Waals surface area (Å²) in [4.78, 5) is 22.9. The van der Waals surface area contributed by atoms with Crippen molar-refractivity contribution < 1.29 is 9.85 Å². The van der Waals surface area contributed by atoms with Gasteiger partial charge in [0.05, 0.1) is 6.92 Å². The van der Waals surface area contributed by atoms with Crippen molar-refractivity contribution in [1.82, 2.24) is 4.98 Å². The molecule has 1 aromatic rings. The molecule has 0 fully saturated rings. The van der Waals surface area contributed by atoms with E-state index in [1.807, 2.05) is 0 Å². The first-order valence-electron chi connectivity index (χ1n) is 3.70. The summed E-state index contributed by atoms with van der Waals surface area (Å²) >= 11 is 0. The van der Waals surface area contributed by atoms with E-state index in [-0.39, 0.29) is 5.69 Å². The summed E-state index contributed by atoms with van der Waals surface area (Å²) < 4.78 is 0. The zero-order valence-corrected chi connectivity index (χ0v) is 7.28. The van der Waals surface area contributed by atoms with Crippen LogP contribution in [0.3, 0.4) is 0 Å². The molecule has 0 radical (unpaired) electrons. The van der Waals surface area contributed by atoms with Gasteiger partial charge < -0.3 is 0 Å². The molecule has 0 aliphatic carbocycles. The molecule has 1 aromatic heterocycles. The second kappa shape index (κ2) is 3.36. The largest absolute Gasteiger partial charge is 0.497 e. The molecular weight excluding hydrogens is 190 g/mol. The van der Waals surface area contributed by atoms with E-state index < -0.39 is 15.5 Å². The van der Waals surface area contributed by atoms with Crippen molar-refractivity contribution in [2.24, 2.45) is 0 Å². The fourth-order valence-electron chi connectivity index (χ4n) is 0.897. The van der Waals surface area contributed by atoms with Crippen molar-refractivity contribution in [2.45, 2.75) is 12.6 Å². The third kappa shape index (κ3) is 1.39. The normalized spacial score (nSPS) is 10.9. The third-order valence-electron chi connectivity index (χ3n) is 1.86. The zero-order chi connectivity index (χ0) is 10.8. The van der Waals surface area contributed by atoms with Gasteiger partial charge in [-0.2, -0.15) is 0 Å². The van der Waals surface area contributed by atoms with E-state index >= 15 is 0 Å². The maximum atomic E-state index is 10.6. The van der Waals surface area contributed by atoms with Crippen LogP contribution in [0.2, 0.25) is 0 Å². The Morgan fingerprint density at radius 2 is 1.86 bits per heavy atom. The topological polar surface area (TPSA) is 99.2 Å². The minimum absolute atomic E-state index is 0.185. The summed E-state index contributed by atoms with van der Waals surface area (Å²) in [6, 6.07) is 4.25. The van der Waals surface area contributed by atoms with Crippen LogP contribution in [0.1, 0.15) is 12.6 Å². The summed E-state index contributed by atoms with van der Waals surface area (Å²) in [5, 5.41) is 21.2. The minimum atomic E-state index is -2.37. The fraction of sp³-hybridized carbons (Fsp3) is 0.286. The molecule has 0 aliphatic heterocycles. The van der Waals surface area contributed by atoms with Gasteiger partial charge in [0.25, 0.3) is 0 Å². The molecule has 0 saturated heterocycles. The Hall–Kier alpha value is -2.05. The van der Waals surface area contributed by atoms with E-state index in [4.69, 9.17) is 0 Å². The van der Waals surface area contributed by atoms with Crippen molar-refractivity contribution in [1.29, 1.82) is 0 Å². The smallest absolute Gasteiger partial charge is 0.258 e. The highest BCUT2D eigenvalue weighted by Gasteiger charge is 2.54. The third-order valence-corrected chi connectivity index (χ3v) is 1.86. The van der Waals surface area contributed by atoms with E-state index in [0.717, 1.165) is 6.92 Å². The molecule has 0 bridgehead atoms. The van der Waals surface area contributed by atoms with Gasteiger partial charge in [0.2, 0.25) is 0 Å². The van der Waals surface area contributed by atoms with Gasteiger partial charge in [-0.15, -0.1) is 0 Å². The first kappa shape index (κ1) is 10.0. The minimum Gasteiger partial charge on any atom is -0.258 e. The van der Waals surface area contributed by atoms with Crippen LogP contribution < -0.4 is 0 Å². The summed E-state index contributed by atoms with van der Waals surface area (Å²) in [6.45, 7) is 0.912. The summed E-state index contributed by atoms with van der Waals surface area (Å²) in [5.41, 5.74) is -2.56. The number of nitrogens with zero attached hydrogens (tertiary/aromatic N) is 3. The first-order valence-corrected chi connectivity index (χ1v) is 3.70. The Morgan fingerprint density at radius 3 is 2.21 bits per heavy atom. The quantitative estimate of drug-likeness (QED) is 0.405.